The van der Waals surface area contributed by atoms with E-state index in [9.17, 15) is 13.0 Å². The Morgan fingerprint density at radius 3 is 1.71 bits per heavy atom. The van der Waals surface area contributed by atoms with Crippen molar-refractivity contribution in [1.29, 1.82) is 0 Å². The SMILES string of the molecule is C=CS(=O)(=O)[O-].[Cs+]. The molecule has 0 aromatic rings. The molecule has 0 fully saturated rings. The van der Waals surface area contributed by atoms with Gasteiger partial charge in [-0.2, -0.15) is 0 Å². The molecule has 0 saturated carbocycles. The zero-order valence-electron chi connectivity index (χ0n) is 3.92. The normalized spacial score (nSPS) is 9.29. The van der Waals surface area contributed by atoms with Gasteiger partial charge in [0.25, 0.3) is 0 Å². The second-order valence-corrected chi connectivity index (χ2v) is 1.98. The predicted octanol–water partition coefficient (Wildman–Crippen LogP) is -3.32. The molecule has 0 radical (unpaired) electrons. The molecule has 3 nitrogen and oxygen atoms in total. The molecular formula is C2H3CsO3S. The maximum Gasteiger partial charge on any atom is 1.00 e. The summed E-state index contributed by atoms with van der Waals surface area (Å²) < 4.78 is 28.0. The van der Waals surface area contributed by atoms with Crippen LogP contribution in [0.2, 0.25) is 0 Å². The van der Waals surface area contributed by atoms with E-state index in [-0.39, 0.29) is 68.9 Å². The summed E-state index contributed by atoms with van der Waals surface area (Å²) in [4.78, 5) is 0. The Bertz CT molecular complexity index is 123. The van der Waals surface area contributed by atoms with Gasteiger partial charge in [-0.1, -0.05) is 6.58 Å². The van der Waals surface area contributed by atoms with Crippen molar-refractivity contribution in [3.05, 3.63) is 12.0 Å². The van der Waals surface area contributed by atoms with Gasteiger partial charge >= 0.3 is 68.9 Å². The molecule has 7 heavy (non-hydrogen) atoms. The standard InChI is InChI=1S/C2H4O3S.Cs/c1-2-6(3,4)5;/h2H,1H2,(H,3,4,5);/q;+1/p-1. The van der Waals surface area contributed by atoms with Crippen LogP contribution in [0.4, 0.5) is 0 Å². The van der Waals surface area contributed by atoms with Gasteiger partial charge in [0.15, 0.2) is 0 Å². The third-order valence-corrected chi connectivity index (χ3v) is 0.612. The Labute approximate surface area is 101 Å². The van der Waals surface area contributed by atoms with E-state index in [1.54, 1.807) is 0 Å². The summed E-state index contributed by atoms with van der Waals surface area (Å²) in [7, 11) is -4.15. The Balaban J connectivity index is 0. The first-order valence-corrected chi connectivity index (χ1v) is 2.62. The molecule has 0 rings (SSSR count). The van der Waals surface area contributed by atoms with Gasteiger partial charge in [-0.15, -0.1) is 0 Å². The van der Waals surface area contributed by atoms with Gasteiger partial charge in [-0.05, 0) is 0 Å². The maximum atomic E-state index is 9.33. The van der Waals surface area contributed by atoms with Crippen LogP contribution in [0, 0.1) is 0 Å². The van der Waals surface area contributed by atoms with E-state index in [1.165, 1.54) is 0 Å². The predicted molar refractivity (Wildman–Crippen MR) is 19.9 cm³/mol. The summed E-state index contributed by atoms with van der Waals surface area (Å²) in [5, 5.41) is 0.354. The van der Waals surface area contributed by atoms with Crippen molar-refractivity contribution < 1.29 is 81.9 Å². The maximum absolute atomic E-state index is 9.33. The van der Waals surface area contributed by atoms with E-state index in [2.05, 4.69) is 6.58 Å². The molecule has 0 atom stereocenters. The smallest absolute Gasteiger partial charge is 0.745 e. The Hall–Kier alpha value is 1.70. The molecule has 0 bridgehead atoms. The molecule has 0 saturated heterocycles. The first-order chi connectivity index (χ1) is 2.56. The molecular weight excluding hydrogens is 237 g/mol. The van der Waals surface area contributed by atoms with Gasteiger partial charge in [-0.25, -0.2) is 8.42 Å². The molecule has 0 aliphatic heterocycles. The van der Waals surface area contributed by atoms with Crippen LogP contribution in [0.5, 0.6) is 0 Å². The third-order valence-electron chi connectivity index (χ3n) is 0.204. The van der Waals surface area contributed by atoms with E-state index in [0.29, 0.717) is 5.41 Å². The molecule has 36 valence electrons. The Morgan fingerprint density at radius 1 is 1.57 bits per heavy atom. The fourth-order valence-corrected chi connectivity index (χ4v) is 0. The first kappa shape index (κ1) is 11.5. The Morgan fingerprint density at radius 2 is 1.71 bits per heavy atom. The molecule has 0 amide bonds. The van der Waals surface area contributed by atoms with E-state index >= 15 is 0 Å². The minimum absolute atomic E-state index is 0. The molecule has 0 spiro atoms. The zero-order valence-corrected chi connectivity index (χ0v) is 11.0. The van der Waals surface area contributed by atoms with Crippen LogP contribution in [0.1, 0.15) is 0 Å². The molecule has 0 aromatic heterocycles. The molecule has 0 aliphatic carbocycles. The van der Waals surface area contributed by atoms with E-state index < -0.39 is 10.1 Å². The minimum Gasteiger partial charge on any atom is -0.745 e. The van der Waals surface area contributed by atoms with Crippen LogP contribution in [-0.2, 0) is 10.1 Å². The summed E-state index contributed by atoms with van der Waals surface area (Å²) >= 11 is 0. The van der Waals surface area contributed by atoms with Crippen molar-refractivity contribution >= 4 is 10.1 Å². The van der Waals surface area contributed by atoms with Crippen molar-refractivity contribution in [2.24, 2.45) is 0 Å². The summed E-state index contributed by atoms with van der Waals surface area (Å²) in [5.41, 5.74) is 0. The Kier molecular flexibility index (Phi) is 7.50. The van der Waals surface area contributed by atoms with Gasteiger partial charge in [0.2, 0.25) is 0 Å². The van der Waals surface area contributed by atoms with Gasteiger partial charge < -0.3 is 4.55 Å². The molecule has 0 N–H and O–H groups in total. The van der Waals surface area contributed by atoms with Crippen molar-refractivity contribution in [3.63, 3.8) is 0 Å². The molecule has 5 heteroatoms. The molecule has 0 aromatic carbocycles. The van der Waals surface area contributed by atoms with Crippen molar-refractivity contribution in [1.82, 2.24) is 0 Å². The number of hydrogen-bond donors (Lipinski definition) is 0. The van der Waals surface area contributed by atoms with Crippen LogP contribution >= 0.6 is 0 Å². The van der Waals surface area contributed by atoms with Crippen LogP contribution < -0.4 is 68.9 Å². The second kappa shape index (κ2) is 4.57. The van der Waals surface area contributed by atoms with E-state index in [4.69, 9.17) is 0 Å². The summed E-state index contributed by atoms with van der Waals surface area (Å²) in [6.07, 6.45) is 0. The summed E-state index contributed by atoms with van der Waals surface area (Å²) in [6, 6.07) is 0. The average Bonchev–Trinajstić information content (AvgIpc) is 1.35. The third kappa shape index (κ3) is 11.3. The molecule has 0 unspecified atom stereocenters. The van der Waals surface area contributed by atoms with Gasteiger partial charge in [0.05, 0.1) is 0 Å². The van der Waals surface area contributed by atoms with Crippen LogP contribution in [0.25, 0.3) is 0 Å². The number of hydrogen-bond acceptors (Lipinski definition) is 3. The second-order valence-electron chi connectivity index (χ2n) is 0.659. The van der Waals surface area contributed by atoms with E-state index in [1.807, 2.05) is 0 Å². The fraction of sp³-hybridized carbons (Fsp3) is 0. The van der Waals surface area contributed by atoms with Crippen molar-refractivity contribution in [2.75, 3.05) is 0 Å². The quantitative estimate of drug-likeness (QED) is 0.451. The molecule has 0 heterocycles. The van der Waals surface area contributed by atoms with E-state index in [0.717, 1.165) is 0 Å². The van der Waals surface area contributed by atoms with Crippen molar-refractivity contribution in [2.45, 2.75) is 0 Å². The largest absolute Gasteiger partial charge is 1.00 e. The summed E-state index contributed by atoms with van der Waals surface area (Å²) in [5.74, 6) is 0. The molecule has 0 aliphatic rings. The first-order valence-electron chi connectivity index (χ1n) is 1.14. The van der Waals surface area contributed by atoms with Crippen LogP contribution in [0.3, 0.4) is 0 Å². The topological polar surface area (TPSA) is 57.2 Å². The zero-order chi connectivity index (χ0) is 5.21. The average molecular weight is 240 g/mol. The monoisotopic (exact) mass is 240 g/mol. The minimum atomic E-state index is -4.15. The fourth-order valence-electron chi connectivity index (χ4n) is 0. The van der Waals surface area contributed by atoms with Gasteiger partial charge in [0.1, 0.15) is 10.1 Å². The number of rotatable bonds is 1. The van der Waals surface area contributed by atoms with Gasteiger partial charge in [0, 0.05) is 5.41 Å². The van der Waals surface area contributed by atoms with Crippen LogP contribution in [0.15, 0.2) is 12.0 Å². The van der Waals surface area contributed by atoms with Crippen molar-refractivity contribution in [3.8, 4) is 0 Å². The van der Waals surface area contributed by atoms with Gasteiger partial charge in [-0.3, -0.25) is 0 Å². The van der Waals surface area contributed by atoms with Crippen LogP contribution in [-0.4, -0.2) is 13.0 Å². The summed E-state index contributed by atoms with van der Waals surface area (Å²) in [6.45, 7) is 2.73.